The lowest BCUT2D eigenvalue weighted by Crippen LogP contribution is -2.54. The van der Waals surface area contributed by atoms with Gasteiger partial charge in [0, 0.05) is 45.9 Å². The van der Waals surface area contributed by atoms with Crippen LogP contribution in [0.5, 0.6) is 0 Å². The molecule has 0 aromatic heterocycles. The van der Waals surface area contributed by atoms with E-state index in [2.05, 4.69) is 5.32 Å². The third kappa shape index (κ3) is 3.27. The molecule has 0 spiro atoms. The largest absolute Gasteiger partial charge is 0.384 e. The Hall–Kier alpha value is -0.210. The van der Waals surface area contributed by atoms with Crippen molar-refractivity contribution in [3.05, 3.63) is 0 Å². The molecule has 4 heterocycles. The number of rotatable bonds is 4. The normalized spacial score (nSPS) is 33.2. The van der Waals surface area contributed by atoms with Gasteiger partial charge >= 0.3 is 0 Å². The van der Waals surface area contributed by atoms with Gasteiger partial charge in [-0.3, -0.25) is 0 Å². The highest BCUT2D eigenvalue weighted by Gasteiger charge is 2.41. The second-order valence-electron chi connectivity index (χ2n) is 6.63. The zero-order chi connectivity index (χ0) is 14.9. The van der Waals surface area contributed by atoms with Crippen LogP contribution in [0.2, 0.25) is 0 Å². The highest BCUT2D eigenvalue weighted by Crippen LogP contribution is 2.30. The molecule has 0 amide bonds. The Morgan fingerprint density at radius 1 is 1.14 bits per heavy atom. The highest BCUT2D eigenvalue weighted by atomic mass is 32.2. The molecule has 0 aromatic carbocycles. The van der Waals surface area contributed by atoms with Crippen LogP contribution in [0, 0.1) is 11.8 Å². The lowest BCUT2D eigenvalue weighted by molar-refractivity contribution is 0.117. The number of fused-ring (bicyclic) bond motifs is 4. The Labute approximate surface area is 128 Å². The Balaban J connectivity index is 1.67. The fourth-order valence-corrected chi connectivity index (χ4v) is 5.79. The Kier molecular flexibility index (Phi) is 4.85. The minimum Gasteiger partial charge on any atom is -0.384 e. The molecule has 1 N–H and O–H groups in total. The fourth-order valence-electron chi connectivity index (χ4n) is 3.86. The van der Waals surface area contributed by atoms with E-state index in [1.807, 2.05) is 0 Å². The molecule has 2 atom stereocenters. The molecule has 0 aliphatic carbocycles. The number of piperidine rings is 2. The summed E-state index contributed by atoms with van der Waals surface area (Å²) in [4.78, 5) is 0. The van der Waals surface area contributed by atoms with Gasteiger partial charge in [0.1, 0.15) is 0 Å². The lowest BCUT2D eigenvalue weighted by Gasteiger charge is -2.40. The van der Waals surface area contributed by atoms with Gasteiger partial charge in [-0.2, -0.15) is 17.0 Å². The van der Waals surface area contributed by atoms with E-state index in [0.29, 0.717) is 31.5 Å². The number of methoxy groups -OCH3 is 1. The van der Waals surface area contributed by atoms with Crippen molar-refractivity contribution in [2.24, 2.45) is 11.8 Å². The SMILES string of the molecule is COCC1CCN(S(=O)(=O)N2C[C@@H]3CC[C@H]2CNC3)CC1. The van der Waals surface area contributed by atoms with E-state index < -0.39 is 10.2 Å². The molecule has 0 unspecified atom stereocenters. The summed E-state index contributed by atoms with van der Waals surface area (Å²) < 4.78 is 34.5. The molecule has 7 heteroatoms. The van der Waals surface area contributed by atoms with Crippen LogP contribution in [0.1, 0.15) is 25.7 Å². The Bertz CT molecular complexity index is 444. The summed E-state index contributed by atoms with van der Waals surface area (Å²) in [5, 5.41) is 3.40. The van der Waals surface area contributed by atoms with Crippen LogP contribution in [-0.2, 0) is 14.9 Å². The molecule has 4 aliphatic rings. The second kappa shape index (κ2) is 6.50. The van der Waals surface area contributed by atoms with E-state index in [9.17, 15) is 8.42 Å². The van der Waals surface area contributed by atoms with Crippen molar-refractivity contribution in [2.45, 2.75) is 31.7 Å². The molecule has 21 heavy (non-hydrogen) atoms. The first-order chi connectivity index (χ1) is 10.1. The van der Waals surface area contributed by atoms with Crippen LogP contribution in [0.25, 0.3) is 0 Å². The van der Waals surface area contributed by atoms with Gasteiger partial charge < -0.3 is 10.1 Å². The van der Waals surface area contributed by atoms with Crippen LogP contribution < -0.4 is 5.32 Å². The van der Waals surface area contributed by atoms with Crippen LogP contribution >= 0.6 is 0 Å². The molecule has 4 rings (SSSR count). The van der Waals surface area contributed by atoms with Gasteiger partial charge in [0.15, 0.2) is 0 Å². The predicted octanol–water partition coefficient (Wildman–Crippen LogP) is 0.273. The van der Waals surface area contributed by atoms with E-state index >= 15 is 0 Å². The highest BCUT2D eigenvalue weighted by molar-refractivity contribution is 7.86. The monoisotopic (exact) mass is 317 g/mol. The number of hydrogen-bond donors (Lipinski definition) is 1. The average molecular weight is 317 g/mol. The third-order valence-electron chi connectivity index (χ3n) is 5.17. The number of ether oxygens (including phenoxy) is 1. The van der Waals surface area contributed by atoms with E-state index in [4.69, 9.17) is 4.74 Å². The molecule has 2 bridgehead atoms. The fraction of sp³-hybridized carbons (Fsp3) is 1.00. The van der Waals surface area contributed by atoms with Crippen molar-refractivity contribution in [1.29, 1.82) is 0 Å². The zero-order valence-electron chi connectivity index (χ0n) is 12.8. The number of nitrogens with one attached hydrogen (secondary N) is 1. The quantitative estimate of drug-likeness (QED) is 0.809. The average Bonchev–Trinajstić information content (AvgIpc) is 2.84. The summed E-state index contributed by atoms with van der Waals surface area (Å²) in [6, 6.07) is 0.144. The van der Waals surface area contributed by atoms with Gasteiger partial charge in [0.2, 0.25) is 0 Å². The molecule has 4 saturated heterocycles. The standard InChI is InChI=1S/C14H27N3O3S/c1-20-11-12-4-6-16(7-5-12)21(18,19)17-10-13-2-3-14(17)9-15-8-13/h12-15H,2-11H2,1H3/t13-,14+/m1/s1. The van der Waals surface area contributed by atoms with Crippen molar-refractivity contribution < 1.29 is 13.2 Å². The van der Waals surface area contributed by atoms with Gasteiger partial charge in [-0.15, -0.1) is 0 Å². The molecule has 4 fully saturated rings. The van der Waals surface area contributed by atoms with Crippen molar-refractivity contribution in [3.63, 3.8) is 0 Å². The van der Waals surface area contributed by atoms with E-state index in [-0.39, 0.29) is 6.04 Å². The third-order valence-corrected chi connectivity index (χ3v) is 7.22. The molecule has 122 valence electrons. The predicted molar refractivity (Wildman–Crippen MR) is 81.2 cm³/mol. The van der Waals surface area contributed by atoms with E-state index in [0.717, 1.165) is 45.4 Å². The van der Waals surface area contributed by atoms with Gasteiger partial charge in [0.25, 0.3) is 10.2 Å². The van der Waals surface area contributed by atoms with Gasteiger partial charge in [-0.1, -0.05) is 0 Å². The maximum Gasteiger partial charge on any atom is 0.282 e. The first-order valence-electron chi connectivity index (χ1n) is 8.08. The van der Waals surface area contributed by atoms with Crippen LogP contribution in [0.15, 0.2) is 0 Å². The van der Waals surface area contributed by atoms with Gasteiger partial charge in [-0.05, 0) is 44.1 Å². The van der Waals surface area contributed by atoms with Gasteiger partial charge in [-0.25, -0.2) is 0 Å². The first-order valence-corrected chi connectivity index (χ1v) is 9.47. The molecule has 4 aliphatic heterocycles. The molecule has 6 nitrogen and oxygen atoms in total. The van der Waals surface area contributed by atoms with Crippen LogP contribution in [0.4, 0.5) is 0 Å². The number of nitrogens with zero attached hydrogens (tertiary/aromatic N) is 2. The summed E-state index contributed by atoms with van der Waals surface area (Å²) in [6.45, 7) is 4.47. The van der Waals surface area contributed by atoms with Crippen molar-refractivity contribution in [3.8, 4) is 0 Å². The topological polar surface area (TPSA) is 61.9 Å². The molecule has 0 saturated carbocycles. The van der Waals surface area contributed by atoms with E-state index in [1.165, 1.54) is 0 Å². The van der Waals surface area contributed by atoms with Crippen molar-refractivity contribution in [2.75, 3.05) is 46.4 Å². The molecule has 0 radical (unpaired) electrons. The maximum atomic E-state index is 12.9. The smallest absolute Gasteiger partial charge is 0.282 e. The van der Waals surface area contributed by atoms with Crippen LogP contribution in [0.3, 0.4) is 0 Å². The summed E-state index contributed by atoms with van der Waals surface area (Å²) in [5.74, 6) is 0.980. The van der Waals surface area contributed by atoms with Crippen LogP contribution in [-0.4, -0.2) is 69.5 Å². The van der Waals surface area contributed by atoms with Crippen molar-refractivity contribution >= 4 is 10.2 Å². The molecule has 0 aromatic rings. The summed E-state index contributed by atoms with van der Waals surface area (Å²) >= 11 is 0. The maximum absolute atomic E-state index is 12.9. The zero-order valence-corrected chi connectivity index (χ0v) is 13.6. The molecular weight excluding hydrogens is 290 g/mol. The van der Waals surface area contributed by atoms with E-state index in [1.54, 1.807) is 15.7 Å². The Morgan fingerprint density at radius 3 is 2.62 bits per heavy atom. The molecular formula is C14H27N3O3S. The number of hydrogen-bond acceptors (Lipinski definition) is 4. The lowest BCUT2D eigenvalue weighted by atomic mass is 9.97. The summed E-state index contributed by atoms with van der Waals surface area (Å²) in [7, 11) is -1.58. The summed E-state index contributed by atoms with van der Waals surface area (Å²) in [6.07, 6.45) is 3.97. The first kappa shape index (κ1) is 15.7. The second-order valence-corrected chi connectivity index (χ2v) is 8.51. The summed E-state index contributed by atoms with van der Waals surface area (Å²) in [5.41, 5.74) is 0. The minimum atomic E-state index is -3.29. The van der Waals surface area contributed by atoms with Crippen molar-refractivity contribution in [1.82, 2.24) is 13.9 Å². The van der Waals surface area contributed by atoms with Gasteiger partial charge in [0.05, 0.1) is 0 Å². The Morgan fingerprint density at radius 2 is 1.90 bits per heavy atom. The minimum absolute atomic E-state index is 0.144.